The quantitative estimate of drug-likeness (QED) is 0.686. The largest absolute Gasteiger partial charge is 0.497 e. The molecular weight excluding hydrogens is 214 g/mol. The van der Waals surface area contributed by atoms with Crippen LogP contribution in [0.1, 0.15) is 19.8 Å². The maximum Gasteiger partial charge on any atom is 0.151 e. The fourth-order valence-electron chi connectivity index (χ4n) is 1.37. The molecule has 1 N–H and O–H groups in total. The van der Waals surface area contributed by atoms with Crippen LogP contribution in [0.4, 0.5) is 0 Å². The first kappa shape index (κ1) is 12.5. The van der Waals surface area contributed by atoms with Gasteiger partial charge in [-0.25, -0.2) is 8.42 Å². The third-order valence-electron chi connectivity index (χ3n) is 2.42. The highest BCUT2D eigenvalue weighted by atomic mass is 32.2. The van der Waals surface area contributed by atoms with E-state index in [2.05, 4.69) is 5.32 Å². The van der Waals surface area contributed by atoms with Crippen molar-refractivity contribution < 1.29 is 13.2 Å². The van der Waals surface area contributed by atoms with Crippen LogP contribution in [-0.2, 0) is 14.6 Å². The molecule has 0 bridgehead atoms. The Morgan fingerprint density at radius 2 is 2.33 bits per heavy atom. The maximum atomic E-state index is 11.2. The van der Waals surface area contributed by atoms with Crippen molar-refractivity contribution in [3.63, 3.8) is 0 Å². The molecule has 0 aromatic heterocycles. The summed E-state index contributed by atoms with van der Waals surface area (Å²) in [5, 5.41) is 3.11. The van der Waals surface area contributed by atoms with Gasteiger partial charge in [-0.2, -0.15) is 0 Å². The van der Waals surface area contributed by atoms with Gasteiger partial charge in [0.2, 0.25) is 0 Å². The summed E-state index contributed by atoms with van der Waals surface area (Å²) in [6, 6.07) is 0. The van der Waals surface area contributed by atoms with Gasteiger partial charge in [-0.1, -0.05) is 6.92 Å². The van der Waals surface area contributed by atoms with Gasteiger partial charge in [0.1, 0.15) is 6.10 Å². The van der Waals surface area contributed by atoms with E-state index in [1.807, 2.05) is 6.08 Å². The molecule has 0 aliphatic carbocycles. The smallest absolute Gasteiger partial charge is 0.151 e. The Balaban J connectivity index is 2.09. The zero-order valence-corrected chi connectivity index (χ0v) is 9.92. The minimum Gasteiger partial charge on any atom is -0.497 e. The average molecular weight is 233 g/mol. The molecule has 0 saturated heterocycles. The van der Waals surface area contributed by atoms with E-state index < -0.39 is 9.84 Å². The lowest BCUT2D eigenvalue weighted by Gasteiger charge is -2.19. The van der Waals surface area contributed by atoms with Gasteiger partial charge in [-0.15, -0.1) is 0 Å². The van der Waals surface area contributed by atoms with Gasteiger partial charge < -0.3 is 10.1 Å². The second kappa shape index (κ2) is 6.12. The number of allylic oxidation sites excluding steroid dienone is 1. The molecule has 1 aliphatic rings. The van der Waals surface area contributed by atoms with Gasteiger partial charge in [0.05, 0.1) is 12.0 Å². The van der Waals surface area contributed by atoms with Gasteiger partial charge in [0, 0.05) is 18.8 Å². The first-order valence-electron chi connectivity index (χ1n) is 5.35. The van der Waals surface area contributed by atoms with Crippen LogP contribution in [0, 0.1) is 0 Å². The summed E-state index contributed by atoms with van der Waals surface area (Å²) in [7, 11) is -2.84. The molecule has 0 amide bonds. The highest BCUT2D eigenvalue weighted by molar-refractivity contribution is 7.91. The minimum atomic E-state index is -2.84. The third kappa shape index (κ3) is 5.18. The van der Waals surface area contributed by atoms with E-state index in [4.69, 9.17) is 4.74 Å². The third-order valence-corrected chi connectivity index (χ3v) is 4.13. The average Bonchev–Trinajstić information content (AvgIpc) is 2.26. The van der Waals surface area contributed by atoms with Crippen LogP contribution in [0.15, 0.2) is 12.3 Å². The van der Waals surface area contributed by atoms with Crippen LogP contribution in [0.2, 0.25) is 0 Å². The Hall–Kier alpha value is -0.550. The Labute approximate surface area is 91.6 Å². The molecule has 88 valence electrons. The number of hydrogen-bond donors (Lipinski definition) is 1. The van der Waals surface area contributed by atoms with Gasteiger partial charge >= 0.3 is 0 Å². The van der Waals surface area contributed by atoms with E-state index in [9.17, 15) is 8.42 Å². The van der Waals surface area contributed by atoms with Gasteiger partial charge in [0.25, 0.3) is 0 Å². The summed E-state index contributed by atoms with van der Waals surface area (Å²) in [6.07, 6.45) is 5.96. The summed E-state index contributed by atoms with van der Waals surface area (Å²) in [5.74, 6) is 0.434. The highest BCUT2D eigenvalue weighted by Gasteiger charge is 2.11. The molecule has 1 unspecified atom stereocenters. The van der Waals surface area contributed by atoms with Gasteiger partial charge in [0.15, 0.2) is 9.84 Å². The van der Waals surface area contributed by atoms with Crippen molar-refractivity contribution in [2.24, 2.45) is 0 Å². The Morgan fingerprint density at radius 3 is 2.93 bits per heavy atom. The van der Waals surface area contributed by atoms with Crippen molar-refractivity contribution in [1.82, 2.24) is 5.32 Å². The SMILES string of the molecule is CCS(=O)(=O)CCNCC1CCC=CO1. The van der Waals surface area contributed by atoms with Gasteiger partial charge in [-0.3, -0.25) is 0 Å². The van der Waals surface area contributed by atoms with E-state index in [-0.39, 0.29) is 17.6 Å². The topological polar surface area (TPSA) is 55.4 Å². The number of rotatable bonds is 6. The molecule has 0 spiro atoms. The molecule has 1 aliphatic heterocycles. The van der Waals surface area contributed by atoms with Crippen LogP contribution in [-0.4, -0.2) is 39.1 Å². The van der Waals surface area contributed by atoms with Crippen LogP contribution >= 0.6 is 0 Å². The summed E-state index contributed by atoms with van der Waals surface area (Å²) in [6.45, 7) is 2.91. The van der Waals surface area contributed by atoms with E-state index in [1.165, 1.54) is 0 Å². The Bertz CT molecular complexity index is 298. The predicted octanol–water partition coefficient (Wildman–Crippen LogP) is 0.703. The molecule has 1 atom stereocenters. The standard InChI is InChI=1S/C10H19NO3S/c1-2-15(12,13)8-6-11-9-10-5-3-4-7-14-10/h4,7,10-11H,2-3,5-6,8-9H2,1H3. The molecule has 1 heterocycles. The molecule has 0 aromatic rings. The van der Waals surface area contributed by atoms with Crippen molar-refractivity contribution in [3.05, 3.63) is 12.3 Å². The zero-order valence-electron chi connectivity index (χ0n) is 9.11. The fourth-order valence-corrected chi connectivity index (χ4v) is 2.11. The molecule has 1 rings (SSSR count). The molecule has 4 nitrogen and oxygen atoms in total. The van der Waals surface area contributed by atoms with E-state index in [1.54, 1.807) is 13.2 Å². The Morgan fingerprint density at radius 1 is 1.53 bits per heavy atom. The van der Waals surface area contributed by atoms with Crippen molar-refractivity contribution >= 4 is 9.84 Å². The molecule has 0 fully saturated rings. The van der Waals surface area contributed by atoms with Crippen molar-refractivity contribution in [1.29, 1.82) is 0 Å². The van der Waals surface area contributed by atoms with E-state index in [0.29, 0.717) is 6.54 Å². The lowest BCUT2D eigenvalue weighted by Crippen LogP contribution is -2.32. The lowest BCUT2D eigenvalue weighted by molar-refractivity contribution is 0.123. The summed E-state index contributed by atoms with van der Waals surface area (Å²) in [5.41, 5.74) is 0. The second-order valence-corrected chi connectivity index (χ2v) is 6.12. The van der Waals surface area contributed by atoms with Crippen molar-refractivity contribution in [3.8, 4) is 0 Å². The van der Waals surface area contributed by atoms with Gasteiger partial charge in [-0.05, 0) is 18.9 Å². The summed E-state index contributed by atoms with van der Waals surface area (Å²) in [4.78, 5) is 0. The number of hydrogen-bond acceptors (Lipinski definition) is 4. The normalized spacial score (nSPS) is 21.3. The molecule has 0 saturated carbocycles. The summed E-state index contributed by atoms with van der Waals surface area (Å²) < 4.78 is 27.7. The molecule has 0 radical (unpaired) electrons. The first-order chi connectivity index (χ1) is 7.14. The maximum absolute atomic E-state index is 11.2. The molecular formula is C10H19NO3S. The van der Waals surface area contributed by atoms with Crippen LogP contribution < -0.4 is 5.32 Å². The van der Waals surface area contributed by atoms with E-state index in [0.717, 1.165) is 19.4 Å². The van der Waals surface area contributed by atoms with Crippen molar-refractivity contribution in [2.45, 2.75) is 25.9 Å². The van der Waals surface area contributed by atoms with E-state index >= 15 is 0 Å². The number of ether oxygens (including phenoxy) is 1. The molecule has 5 heteroatoms. The van der Waals surface area contributed by atoms with Crippen LogP contribution in [0.3, 0.4) is 0 Å². The Kier molecular flexibility index (Phi) is 5.11. The molecule has 15 heavy (non-hydrogen) atoms. The number of nitrogens with one attached hydrogen (secondary N) is 1. The second-order valence-electron chi connectivity index (χ2n) is 3.65. The van der Waals surface area contributed by atoms with Crippen molar-refractivity contribution in [2.75, 3.05) is 24.6 Å². The first-order valence-corrected chi connectivity index (χ1v) is 7.18. The summed E-state index contributed by atoms with van der Waals surface area (Å²) >= 11 is 0. The monoisotopic (exact) mass is 233 g/mol. The van der Waals surface area contributed by atoms with Crippen LogP contribution in [0.25, 0.3) is 0 Å². The molecule has 0 aromatic carbocycles. The lowest BCUT2D eigenvalue weighted by atomic mass is 10.1. The minimum absolute atomic E-state index is 0.194. The fraction of sp³-hybridized carbons (Fsp3) is 0.800. The highest BCUT2D eigenvalue weighted by Crippen LogP contribution is 2.08. The zero-order chi connectivity index (χ0) is 11.1. The van der Waals surface area contributed by atoms with Crippen LogP contribution in [0.5, 0.6) is 0 Å². The predicted molar refractivity (Wildman–Crippen MR) is 60.4 cm³/mol. The number of sulfone groups is 1.